The van der Waals surface area contributed by atoms with Crippen molar-refractivity contribution in [2.24, 2.45) is 0 Å². The van der Waals surface area contributed by atoms with E-state index in [2.05, 4.69) is 6.92 Å². The quantitative estimate of drug-likeness (QED) is 0.474. The van der Waals surface area contributed by atoms with Crippen LogP contribution >= 0.6 is 0 Å². The second-order valence-electron chi connectivity index (χ2n) is 1.08. The van der Waals surface area contributed by atoms with Gasteiger partial charge < -0.3 is 27.0 Å². The minimum atomic E-state index is 0. The van der Waals surface area contributed by atoms with Gasteiger partial charge in [0.1, 0.15) is 0 Å². The number of aliphatic hydroxyl groups is 1. The zero-order chi connectivity index (χ0) is 4.12. The van der Waals surface area contributed by atoms with Crippen LogP contribution in [-0.2, 0) is 21.7 Å². The minimum Gasteiger partial charge on any atom is -0.412 e. The van der Waals surface area contributed by atoms with Crippen molar-refractivity contribution in [3.05, 3.63) is 0 Å². The van der Waals surface area contributed by atoms with E-state index in [0.29, 0.717) is 6.61 Å². The van der Waals surface area contributed by atoms with Gasteiger partial charge in [0.15, 0.2) is 0 Å². The largest absolute Gasteiger partial charge is 0.412 e. The first-order valence-electron chi connectivity index (χ1n) is 2.02. The fourth-order valence-electron chi connectivity index (χ4n) is 0.158. The molecule has 10 heavy (non-hydrogen) atoms. The van der Waals surface area contributed by atoms with Gasteiger partial charge >= 0.3 is 0 Å². The Bertz CT molecular complexity index is 21.1. The van der Waals surface area contributed by atoms with Crippen LogP contribution in [-0.4, -0.2) is 33.6 Å². The second kappa shape index (κ2) is 55.8. The van der Waals surface area contributed by atoms with Gasteiger partial charge in [-0.2, -0.15) is 0 Å². The average Bonchev–Trinajstić information content (AvgIpc) is 1.41. The van der Waals surface area contributed by atoms with Gasteiger partial charge in [0.25, 0.3) is 0 Å². The van der Waals surface area contributed by atoms with E-state index in [9.17, 15) is 0 Å². The zero-order valence-electron chi connectivity index (χ0n) is 6.07. The number of aliphatic hydroxyl groups excluding tert-OH is 1. The summed E-state index contributed by atoms with van der Waals surface area (Å²) >= 11 is 0. The molecule has 0 atom stereocenters. The van der Waals surface area contributed by atoms with E-state index >= 15 is 0 Å². The van der Waals surface area contributed by atoms with Crippen LogP contribution in [0.3, 0.4) is 0 Å². The normalized spacial score (nSPS) is 4.20. The van der Waals surface area contributed by atoms with E-state index in [-0.39, 0.29) is 43.6 Å². The Morgan fingerprint density at radius 2 is 1.30 bits per heavy atom. The van der Waals surface area contributed by atoms with Crippen molar-refractivity contribution < 1.29 is 48.7 Å². The molecule has 0 amide bonds. The molecule has 0 fully saturated rings. The van der Waals surface area contributed by atoms with Gasteiger partial charge in [0, 0.05) is 28.3 Å². The topological polar surface area (TPSA) is 146 Å². The second-order valence-corrected chi connectivity index (χ2v) is 1.08. The summed E-state index contributed by atoms with van der Waals surface area (Å²) in [7, 11) is 0. The molecular formula is C4H18O5Ti. The smallest absolute Gasteiger partial charge is 0.0430 e. The molecule has 0 unspecified atom stereocenters. The molecule has 5 nitrogen and oxygen atoms in total. The summed E-state index contributed by atoms with van der Waals surface area (Å²) < 4.78 is 0. The third-order valence-corrected chi connectivity index (χ3v) is 0.512. The molecule has 0 aromatic rings. The average molecular weight is 194 g/mol. The summed E-state index contributed by atoms with van der Waals surface area (Å²) in [4.78, 5) is 0. The van der Waals surface area contributed by atoms with Crippen LogP contribution in [0.5, 0.6) is 0 Å². The summed E-state index contributed by atoms with van der Waals surface area (Å²) in [6.07, 6.45) is 2.04. The SMILES string of the molecule is CCCCO.O.O.O.O.[Ti]. The standard InChI is InChI=1S/C4H10O.4H2O.Ti/c1-2-3-4-5;;;;;/h5H,2-4H2,1H3;4*1H2;. The molecule has 0 heterocycles. The summed E-state index contributed by atoms with van der Waals surface area (Å²) in [5.74, 6) is 0. The van der Waals surface area contributed by atoms with Crippen molar-refractivity contribution in [2.75, 3.05) is 6.61 Å². The molecule has 68 valence electrons. The van der Waals surface area contributed by atoms with Crippen molar-refractivity contribution in [3.63, 3.8) is 0 Å². The molecule has 0 saturated heterocycles. The molecular weight excluding hydrogens is 176 g/mol. The molecule has 0 spiro atoms. The number of unbranched alkanes of at least 4 members (excludes halogenated alkanes) is 1. The maximum absolute atomic E-state index is 8.07. The Balaban J connectivity index is -0.00000000800. The fraction of sp³-hybridized carbons (Fsp3) is 1.00. The van der Waals surface area contributed by atoms with Gasteiger partial charge in [-0.3, -0.25) is 0 Å². The van der Waals surface area contributed by atoms with Gasteiger partial charge in [-0.1, -0.05) is 13.3 Å². The summed E-state index contributed by atoms with van der Waals surface area (Å²) in [6.45, 7) is 2.40. The first-order chi connectivity index (χ1) is 2.41. The van der Waals surface area contributed by atoms with Crippen molar-refractivity contribution in [1.82, 2.24) is 0 Å². The van der Waals surface area contributed by atoms with Gasteiger partial charge in [-0.15, -0.1) is 0 Å². The van der Waals surface area contributed by atoms with Crippen molar-refractivity contribution in [2.45, 2.75) is 19.8 Å². The molecule has 0 aliphatic rings. The van der Waals surface area contributed by atoms with Crippen LogP contribution in [0.25, 0.3) is 0 Å². The molecule has 0 bridgehead atoms. The van der Waals surface area contributed by atoms with Crippen molar-refractivity contribution in [1.29, 1.82) is 0 Å². The zero-order valence-corrected chi connectivity index (χ0v) is 7.63. The summed E-state index contributed by atoms with van der Waals surface area (Å²) in [5, 5.41) is 8.07. The molecule has 0 aromatic carbocycles. The predicted molar refractivity (Wildman–Crippen MR) is 36.4 cm³/mol. The summed E-state index contributed by atoms with van der Waals surface area (Å²) in [5.41, 5.74) is 0. The van der Waals surface area contributed by atoms with Crippen LogP contribution in [0, 0.1) is 0 Å². The first-order valence-corrected chi connectivity index (χ1v) is 2.02. The molecule has 0 aliphatic carbocycles. The van der Waals surface area contributed by atoms with Crippen LogP contribution < -0.4 is 0 Å². The van der Waals surface area contributed by atoms with Gasteiger partial charge in [0.05, 0.1) is 0 Å². The van der Waals surface area contributed by atoms with Gasteiger partial charge in [-0.25, -0.2) is 0 Å². The van der Waals surface area contributed by atoms with E-state index in [4.69, 9.17) is 5.11 Å². The van der Waals surface area contributed by atoms with Crippen molar-refractivity contribution in [3.8, 4) is 0 Å². The molecule has 0 saturated carbocycles. The number of rotatable bonds is 2. The van der Waals surface area contributed by atoms with E-state index in [1.54, 1.807) is 0 Å². The molecule has 0 aromatic heterocycles. The Morgan fingerprint density at radius 3 is 1.30 bits per heavy atom. The van der Waals surface area contributed by atoms with E-state index < -0.39 is 0 Å². The first kappa shape index (κ1) is 46.7. The van der Waals surface area contributed by atoms with Crippen molar-refractivity contribution >= 4 is 0 Å². The number of hydrogen-bond donors (Lipinski definition) is 1. The molecule has 9 N–H and O–H groups in total. The molecule has 0 rings (SSSR count). The Hall–Kier alpha value is 0.514. The fourth-order valence-corrected chi connectivity index (χ4v) is 0.158. The van der Waals surface area contributed by atoms with Crippen LogP contribution in [0.2, 0.25) is 0 Å². The van der Waals surface area contributed by atoms with Crippen LogP contribution in [0.4, 0.5) is 0 Å². The van der Waals surface area contributed by atoms with E-state index in [1.165, 1.54) is 0 Å². The molecule has 6 heteroatoms. The Kier molecular flexibility index (Phi) is 261. The van der Waals surface area contributed by atoms with Crippen LogP contribution in [0.15, 0.2) is 0 Å². The van der Waals surface area contributed by atoms with E-state index in [1.807, 2.05) is 0 Å². The maximum atomic E-state index is 8.07. The van der Waals surface area contributed by atoms with Crippen LogP contribution in [0.1, 0.15) is 19.8 Å². The Morgan fingerprint density at radius 1 is 1.00 bits per heavy atom. The monoisotopic (exact) mass is 194 g/mol. The number of hydrogen-bond acceptors (Lipinski definition) is 1. The minimum absolute atomic E-state index is 0. The molecule has 0 aliphatic heterocycles. The predicted octanol–water partition coefficient (Wildman–Crippen LogP) is -2.52. The summed E-state index contributed by atoms with van der Waals surface area (Å²) in [6, 6.07) is 0. The third kappa shape index (κ3) is 76.0. The molecule has 0 radical (unpaired) electrons. The van der Waals surface area contributed by atoms with E-state index in [0.717, 1.165) is 12.8 Å². The third-order valence-electron chi connectivity index (χ3n) is 0.512. The van der Waals surface area contributed by atoms with Gasteiger partial charge in [0.2, 0.25) is 0 Å². The Labute approximate surface area is 75.6 Å². The maximum Gasteiger partial charge on any atom is 0.0430 e. The van der Waals surface area contributed by atoms with Gasteiger partial charge in [-0.05, 0) is 6.42 Å².